The van der Waals surface area contributed by atoms with E-state index < -0.39 is 0 Å². The molecule has 0 atom stereocenters. The number of benzene rings is 2. The zero-order valence-corrected chi connectivity index (χ0v) is 15.8. The molecule has 7 nitrogen and oxygen atoms in total. The second-order valence-corrected chi connectivity index (χ2v) is 6.45. The third-order valence-electron chi connectivity index (χ3n) is 3.93. The van der Waals surface area contributed by atoms with Crippen LogP contribution in [-0.2, 0) is 4.79 Å². The van der Waals surface area contributed by atoms with Gasteiger partial charge in [-0.2, -0.15) is 10.1 Å². The maximum absolute atomic E-state index is 11.2. The predicted octanol–water partition coefficient (Wildman–Crippen LogP) is 4.24. The van der Waals surface area contributed by atoms with Crippen LogP contribution in [0.3, 0.4) is 0 Å². The van der Waals surface area contributed by atoms with Crippen LogP contribution < -0.4 is 16.0 Å². The van der Waals surface area contributed by atoms with Crippen LogP contribution in [0.2, 0.25) is 0 Å². The monoisotopic (exact) mass is 362 g/mol. The minimum absolute atomic E-state index is 0.119. The van der Waals surface area contributed by atoms with E-state index in [1.54, 1.807) is 6.20 Å². The van der Waals surface area contributed by atoms with Crippen molar-refractivity contribution in [2.45, 2.75) is 27.7 Å². The number of hydrogen-bond acceptors (Lipinski definition) is 6. The molecule has 0 bridgehead atoms. The lowest BCUT2D eigenvalue weighted by atomic mass is 10.1. The van der Waals surface area contributed by atoms with Gasteiger partial charge >= 0.3 is 0 Å². The molecular formula is C20H22N6O. The van der Waals surface area contributed by atoms with Crippen molar-refractivity contribution in [1.82, 2.24) is 15.2 Å². The first-order valence-electron chi connectivity index (χ1n) is 8.60. The molecular weight excluding hydrogens is 340 g/mol. The Hall–Kier alpha value is -3.48. The van der Waals surface area contributed by atoms with Crippen LogP contribution in [0.1, 0.15) is 23.6 Å². The van der Waals surface area contributed by atoms with Crippen molar-refractivity contribution in [2.24, 2.45) is 0 Å². The van der Waals surface area contributed by atoms with Gasteiger partial charge in [0.25, 0.3) is 0 Å². The summed E-state index contributed by atoms with van der Waals surface area (Å²) in [6, 6.07) is 11.6. The van der Waals surface area contributed by atoms with Gasteiger partial charge in [0.1, 0.15) is 0 Å². The molecule has 7 heteroatoms. The summed E-state index contributed by atoms with van der Waals surface area (Å²) in [5, 5.41) is 17.3. The van der Waals surface area contributed by atoms with E-state index in [1.807, 2.05) is 38.1 Å². The summed E-state index contributed by atoms with van der Waals surface area (Å²) in [7, 11) is 0. The standard InChI is InChI=1S/C20H22N6O/c1-12-8-13(2)19(14(3)9-12)25-20-24-18(11-21-26-20)23-17-7-5-6-16(10-17)22-15(4)27/h5-11H,1-4H3,(H,22,27)(H2,23,24,25,26). The zero-order chi connectivity index (χ0) is 19.4. The average molecular weight is 362 g/mol. The first-order chi connectivity index (χ1) is 12.9. The smallest absolute Gasteiger partial charge is 0.249 e. The van der Waals surface area contributed by atoms with E-state index in [1.165, 1.54) is 12.5 Å². The van der Waals surface area contributed by atoms with E-state index in [2.05, 4.69) is 50.2 Å². The Balaban J connectivity index is 1.79. The fraction of sp³-hybridized carbons (Fsp3) is 0.200. The van der Waals surface area contributed by atoms with Crippen LogP contribution in [0.15, 0.2) is 42.6 Å². The van der Waals surface area contributed by atoms with Crippen LogP contribution >= 0.6 is 0 Å². The lowest BCUT2D eigenvalue weighted by molar-refractivity contribution is -0.114. The fourth-order valence-corrected chi connectivity index (χ4v) is 2.93. The molecule has 0 saturated heterocycles. The van der Waals surface area contributed by atoms with E-state index in [4.69, 9.17) is 0 Å². The molecule has 0 aliphatic rings. The highest BCUT2D eigenvalue weighted by atomic mass is 16.1. The van der Waals surface area contributed by atoms with Crippen LogP contribution in [-0.4, -0.2) is 21.1 Å². The molecule has 1 amide bonds. The van der Waals surface area contributed by atoms with Crippen LogP contribution in [0.5, 0.6) is 0 Å². The Morgan fingerprint density at radius 1 is 0.963 bits per heavy atom. The Morgan fingerprint density at radius 3 is 2.37 bits per heavy atom. The number of aryl methyl sites for hydroxylation is 3. The van der Waals surface area contributed by atoms with Gasteiger partial charge in [0.2, 0.25) is 11.9 Å². The molecule has 0 aliphatic heterocycles. The van der Waals surface area contributed by atoms with Crippen molar-refractivity contribution in [2.75, 3.05) is 16.0 Å². The van der Waals surface area contributed by atoms with Gasteiger partial charge in [-0.3, -0.25) is 4.79 Å². The highest BCUT2D eigenvalue weighted by Gasteiger charge is 2.08. The predicted molar refractivity (Wildman–Crippen MR) is 108 cm³/mol. The van der Waals surface area contributed by atoms with Crippen molar-refractivity contribution in [3.63, 3.8) is 0 Å². The molecule has 1 heterocycles. The quantitative estimate of drug-likeness (QED) is 0.629. The number of amides is 1. The van der Waals surface area contributed by atoms with Crippen molar-refractivity contribution >= 4 is 34.7 Å². The molecule has 0 aliphatic carbocycles. The molecule has 0 saturated carbocycles. The molecule has 0 radical (unpaired) electrons. The normalized spacial score (nSPS) is 10.4. The summed E-state index contributed by atoms with van der Waals surface area (Å²) in [6.45, 7) is 7.64. The topological polar surface area (TPSA) is 91.8 Å². The third kappa shape index (κ3) is 4.78. The van der Waals surface area contributed by atoms with Gasteiger partial charge in [0.15, 0.2) is 5.82 Å². The number of anilines is 5. The number of nitrogens with zero attached hydrogens (tertiary/aromatic N) is 3. The number of carbonyl (C=O) groups is 1. The highest BCUT2D eigenvalue weighted by Crippen LogP contribution is 2.25. The summed E-state index contributed by atoms with van der Waals surface area (Å²) < 4.78 is 0. The van der Waals surface area contributed by atoms with E-state index >= 15 is 0 Å². The Morgan fingerprint density at radius 2 is 1.67 bits per heavy atom. The molecule has 3 rings (SSSR count). The molecule has 27 heavy (non-hydrogen) atoms. The zero-order valence-electron chi connectivity index (χ0n) is 15.8. The largest absolute Gasteiger partial charge is 0.339 e. The third-order valence-corrected chi connectivity index (χ3v) is 3.93. The molecule has 0 spiro atoms. The summed E-state index contributed by atoms with van der Waals surface area (Å²) in [5.74, 6) is 0.842. The van der Waals surface area contributed by atoms with Crippen LogP contribution in [0.25, 0.3) is 0 Å². The molecule has 3 N–H and O–H groups in total. The van der Waals surface area contributed by atoms with E-state index in [0.717, 1.165) is 22.5 Å². The Labute approximate surface area is 158 Å². The molecule has 1 aromatic heterocycles. The van der Waals surface area contributed by atoms with Crippen LogP contribution in [0.4, 0.5) is 28.8 Å². The van der Waals surface area contributed by atoms with Crippen molar-refractivity contribution in [3.8, 4) is 0 Å². The Kier molecular flexibility index (Phi) is 5.30. The summed E-state index contributed by atoms with van der Waals surface area (Å²) in [4.78, 5) is 15.7. The maximum atomic E-state index is 11.2. The first-order valence-corrected chi connectivity index (χ1v) is 8.60. The average Bonchev–Trinajstić information content (AvgIpc) is 2.58. The molecule has 3 aromatic rings. The van der Waals surface area contributed by atoms with E-state index in [-0.39, 0.29) is 5.91 Å². The van der Waals surface area contributed by atoms with Crippen molar-refractivity contribution in [3.05, 3.63) is 59.3 Å². The van der Waals surface area contributed by atoms with Gasteiger partial charge in [0, 0.05) is 24.0 Å². The molecule has 138 valence electrons. The number of carbonyl (C=O) groups excluding carboxylic acids is 1. The summed E-state index contributed by atoms with van der Waals surface area (Å²) in [6.07, 6.45) is 1.55. The second-order valence-electron chi connectivity index (χ2n) is 6.45. The number of rotatable bonds is 5. The van der Waals surface area contributed by atoms with Crippen LogP contribution in [0, 0.1) is 20.8 Å². The highest BCUT2D eigenvalue weighted by molar-refractivity contribution is 5.89. The number of hydrogen-bond donors (Lipinski definition) is 3. The lowest BCUT2D eigenvalue weighted by Crippen LogP contribution is -2.06. The lowest BCUT2D eigenvalue weighted by Gasteiger charge is -2.13. The fourth-order valence-electron chi connectivity index (χ4n) is 2.93. The van der Waals surface area contributed by atoms with E-state index in [0.29, 0.717) is 17.5 Å². The molecule has 0 unspecified atom stereocenters. The summed E-state index contributed by atoms with van der Waals surface area (Å²) >= 11 is 0. The van der Waals surface area contributed by atoms with Gasteiger partial charge in [-0.25, -0.2) is 0 Å². The van der Waals surface area contributed by atoms with Crippen molar-refractivity contribution < 1.29 is 4.79 Å². The van der Waals surface area contributed by atoms with Gasteiger partial charge in [0.05, 0.1) is 6.20 Å². The number of nitrogens with one attached hydrogen (secondary N) is 3. The molecule has 2 aromatic carbocycles. The van der Waals surface area contributed by atoms with Gasteiger partial charge in [-0.15, -0.1) is 5.10 Å². The van der Waals surface area contributed by atoms with Gasteiger partial charge < -0.3 is 16.0 Å². The van der Waals surface area contributed by atoms with Gasteiger partial charge in [-0.1, -0.05) is 23.8 Å². The minimum atomic E-state index is -0.119. The number of aromatic nitrogens is 3. The summed E-state index contributed by atoms with van der Waals surface area (Å²) in [5.41, 5.74) is 5.93. The Bertz CT molecular complexity index is 963. The van der Waals surface area contributed by atoms with Crippen molar-refractivity contribution in [1.29, 1.82) is 0 Å². The van der Waals surface area contributed by atoms with E-state index in [9.17, 15) is 4.79 Å². The first kappa shape index (κ1) is 18.3. The SMILES string of the molecule is CC(=O)Nc1cccc(Nc2cnnc(Nc3c(C)cc(C)cc3C)n2)c1. The second kappa shape index (κ2) is 7.82. The molecule has 0 fully saturated rings. The minimum Gasteiger partial charge on any atom is -0.339 e. The van der Waals surface area contributed by atoms with Gasteiger partial charge in [-0.05, 0) is 50.1 Å². The maximum Gasteiger partial charge on any atom is 0.249 e.